The first-order valence-electron chi connectivity index (χ1n) is 32.2. The van der Waals surface area contributed by atoms with Crippen LogP contribution in [-0.4, -0.2) is 177 Å². The van der Waals surface area contributed by atoms with Gasteiger partial charge >= 0.3 is 11.9 Å². The maximum atomic E-state index is 14.2. The zero-order chi connectivity index (χ0) is 66.4. The number of nitrogens with zero attached hydrogens (tertiary/aromatic N) is 6. The Balaban J connectivity index is 0.746. The number of benzene rings is 1. The summed E-state index contributed by atoms with van der Waals surface area (Å²) in [5.41, 5.74) is 3.59. The first kappa shape index (κ1) is 73.7. The molecule has 2 fully saturated rings. The highest BCUT2D eigenvalue weighted by Crippen LogP contribution is 2.59. The molecule has 0 bridgehead atoms. The molecule has 0 spiro atoms. The number of carboxylic acids is 2. The number of Topliss-reactive ketones (excluding diaryl/α,β-unsaturated/α-hetero) is 1. The van der Waals surface area contributed by atoms with Crippen LogP contribution < -0.4 is 26.6 Å². The Kier molecular flexibility index (Phi) is 31.0. The smallest absolute Gasteiger partial charge is 0.326 e. The van der Waals surface area contributed by atoms with E-state index in [1.54, 1.807) is 28.0 Å². The molecule has 0 unspecified atom stereocenters. The Morgan fingerprint density at radius 1 is 0.663 bits per heavy atom. The third-order valence-electron chi connectivity index (χ3n) is 16.4. The number of rotatable bonds is 46. The monoisotopic (exact) mass is 1350 g/mol. The second kappa shape index (κ2) is 38.6. The Morgan fingerprint density at radius 3 is 1.82 bits per heavy atom. The van der Waals surface area contributed by atoms with Crippen molar-refractivity contribution in [2.45, 2.75) is 187 Å². The van der Waals surface area contributed by atoms with Crippen molar-refractivity contribution >= 4 is 85.8 Å². The predicted molar refractivity (Wildman–Crippen MR) is 344 cm³/mol. The summed E-state index contributed by atoms with van der Waals surface area (Å²) in [5, 5.41) is 37.0. The summed E-state index contributed by atoms with van der Waals surface area (Å²) in [4.78, 5) is 128. The van der Waals surface area contributed by atoms with Gasteiger partial charge in [-0.05, 0) is 102 Å². The first-order chi connectivity index (χ1) is 44.2. The zero-order valence-electron chi connectivity index (χ0n) is 53.6. The largest absolute Gasteiger partial charge is 0.481 e. The number of pyridine rings is 1. The summed E-state index contributed by atoms with van der Waals surface area (Å²) in [6, 6.07) is 5.43. The minimum atomic E-state index is -1.20. The van der Waals surface area contributed by atoms with Gasteiger partial charge in [-0.15, -0.1) is 0 Å². The first-order valence-corrected chi connectivity index (χ1v) is 33.0. The number of amides is 6. The van der Waals surface area contributed by atoms with Gasteiger partial charge < -0.3 is 60.6 Å². The molecular weight excluding hydrogens is 1250 g/mol. The van der Waals surface area contributed by atoms with E-state index in [2.05, 4.69) is 69.5 Å². The third kappa shape index (κ3) is 24.9. The fraction of sp³-hybridized carbons (Fsp3) is 0.615. The van der Waals surface area contributed by atoms with Crippen LogP contribution in [0.3, 0.4) is 0 Å². The molecule has 4 heterocycles. The summed E-state index contributed by atoms with van der Waals surface area (Å²) in [5.74, 6) is -3.45. The van der Waals surface area contributed by atoms with Crippen LogP contribution in [0, 0.1) is 19.3 Å². The zero-order valence-corrected chi connectivity index (χ0v) is 55.2. The van der Waals surface area contributed by atoms with E-state index in [9.17, 15) is 48.3 Å². The van der Waals surface area contributed by atoms with Crippen molar-refractivity contribution in [2.75, 3.05) is 71.3 Å². The number of aryl methyl sites for hydroxylation is 2. The number of hydrogen-bond acceptors (Lipinski definition) is 17. The van der Waals surface area contributed by atoms with Crippen molar-refractivity contribution in [3.8, 4) is 11.1 Å². The van der Waals surface area contributed by atoms with Crippen molar-refractivity contribution in [1.82, 2.24) is 50.9 Å². The molecule has 6 rings (SSSR count). The van der Waals surface area contributed by atoms with Crippen LogP contribution in [-0.2, 0) is 70.4 Å². The fourth-order valence-electron chi connectivity index (χ4n) is 11.2. The number of halogens is 1. The quantitative estimate of drug-likeness (QED) is 0.0132. The number of aromatic nitrogens is 5. The minimum Gasteiger partial charge on any atom is -0.481 e. The van der Waals surface area contributed by atoms with Crippen molar-refractivity contribution in [2.24, 2.45) is 5.41 Å². The van der Waals surface area contributed by atoms with E-state index in [0.717, 1.165) is 68.1 Å². The fourth-order valence-corrected chi connectivity index (χ4v) is 11.5. The number of aliphatic carboxylic acids is 2. The van der Waals surface area contributed by atoms with Crippen LogP contribution in [0.5, 0.6) is 0 Å². The minimum absolute atomic E-state index is 0.0425. The van der Waals surface area contributed by atoms with Crippen molar-refractivity contribution in [3.63, 3.8) is 0 Å². The highest BCUT2D eigenvalue weighted by Gasteiger charge is 2.64. The second-order valence-electron chi connectivity index (χ2n) is 24.0. The van der Waals surface area contributed by atoms with Crippen LogP contribution in [0.1, 0.15) is 170 Å². The third-order valence-corrected chi connectivity index (χ3v) is 16.8. The molecule has 1 saturated heterocycles. The average molecular weight is 1350 g/mol. The Labute approximate surface area is 545 Å². The van der Waals surface area contributed by atoms with Gasteiger partial charge in [0.15, 0.2) is 5.78 Å². The molecule has 4 atom stereocenters. The number of likely N-dealkylation sites (tertiary alicyclic amines) is 1. The molecule has 6 amide bonds. The second-order valence-corrected chi connectivity index (χ2v) is 24.8. The van der Waals surface area contributed by atoms with Gasteiger partial charge in [-0.3, -0.25) is 43.0 Å². The van der Waals surface area contributed by atoms with E-state index >= 15 is 0 Å². The highest BCUT2D eigenvalue weighted by atomic mass is 79.9. The highest BCUT2D eigenvalue weighted by molar-refractivity contribution is 9.10. The number of fused-ring (bicyclic) bond motifs is 2. The average Bonchev–Trinajstić information content (AvgIpc) is 1.55. The number of ether oxygens (including phenoxy) is 4. The summed E-state index contributed by atoms with van der Waals surface area (Å²) < 4.78 is 23.8. The summed E-state index contributed by atoms with van der Waals surface area (Å²) in [7, 11) is 0. The molecule has 26 nitrogen and oxygen atoms in total. The molecule has 3 aromatic heterocycles. The van der Waals surface area contributed by atoms with E-state index in [1.807, 2.05) is 32.0 Å². The van der Waals surface area contributed by atoms with Gasteiger partial charge in [0, 0.05) is 68.7 Å². The van der Waals surface area contributed by atoms with Gasteiger partial charge in [0.05, 0.1) is 51.7 Å². The lowest BCUT2D eigenvalue weighted by atomic mass is 10.0. The maximum Gasteiger partial charge on any atom is 0.326 e. The SMILES string of the molecule is CC(=O)c1nn(CC(=O)N2[C@H](C(=O)Nc3nc(Br)ccc3C)C[C@@]3(C)C[C@@H]23)c2c(C)cc(-c3cnc(CNC(=O)COCCOCCNC(=O)COCCOCCNC(=O)CC[C@H](NC(=O)CCCCCCCCCCCCCCCCC(=O)O)C(=O)O)nc3)cc12. The van der Waals surface area contributed by atoms with E-state index in [1.165, 1.54) is 45.4 Å². The molecule has 7 N–H and O–H groups in total. The number of carbonyl (C=O) groups excluding carboxylic acids is 7. The van der Waals surface area contributed by atoms with Crippen LogP contribution in [0.4, 0.5) is 5.82 Å². The summed E-state index contributed by atoms with van der Waals surface area (Å²) in [6.07, 6.45) is 19.8. The lowest BCUT2D eigenvalue weighted by Crippen LogP contribution is -2.47. The number of nitrogens with one attached hydrogen (secondary N) is 5. The van der Waals surface area contributed by atoms with Crippen LogP contribution in [0.15, 0.2) is 41.3 Å². The van der Waals surface area contributed by atoms with Gasteiger partial charge in [-0.25, -0.2) is 19.7 Å². The number of anilines is 1. The van der Waals surface area contributed by atoms with E-state index < -0.39 is 24.0 Å². The predicted octanol–water partition coefficient (Wildman–Crippen LogP) is 7.08. The van der Waals surface area contributed by atoms with Crippen molar-refractivity contribution in [3.05, 3.63) is 63.9 Å². The summed E-state index contributed by atoms with van der Waals surface area (Å²) >= 11 is 3.36. The number of hydrogen-bond donors (Lipinski definition) is 7. The molecule has 1 aliphatic carbocycles. The molecule has 2 aliphatic rings. The molecule has 1 aliphatic heterocycles. The molecule has 1 aromatic carbocycles. The van der Waals surface area contributed by atoms with E-state index in [4.69, 9.17) is 24.1 Å². The number of piperidine rings is 1. The Bertz CT molecular complexity index is 3130. The molecule has 1 saturated carbocycles. The van der Waals surface area contributed by atoms with Gasteiger partial charge in [0.25, 0.3) is 0 Å². The van der Waals surface area contributed by atoms with Crippen molar-refractivity contribution < 1.29 is 72.3 Å². The van der Waals surface area contributed by atoms with E-state index in [-0.39, 0.29) is 163 Å². The van der Waals surface area contributed by atoms with Crippen LogP contribution in [0.25, 0.3) is 22.0 Å². The van der Waals surface area contributed by atoms with Gasteiger partial charge in [0.1, 0.15) is 53.8 Å². The normalized spacial score (nSPS) is 16.0. The molecule has 92 heavy (non-hydrogen) atoms. The lowest BCUT2D eigenvalue weighted by Gasteiger charge is -2.27. The molecule has 27 heteroatoms. The number of carbonyl (C=O) groups is 9. The lowest BCUT2D eigenvalue weighted by molar-refractivity contribution is -0.142. The van der Waals surface area contributed by atoms with Crippen LogP contribution in [0.2, 0.25) is 0 Å². The maximum absolute atomic E-state index is 14.2. The number of carboxylic acid groups (broad SMARTS) is 2. The van der Waals surface area contributed by atoms with Crippen LogP contribution >= 0.6 is 15.9 Å². The van der Waals surface area contributed by atoms with Gasteiger partial charge in [0.2, 0.25) is 35.4 Å². The summed E-state index contributed by atoms with van der Waals surface area (Å²) in [6.45, 7) is 8.07. The standard InChI is InChI=1S/C65H92BrN11O15/c1-43-21-23-52(66)73-62(43)74-63(86)50-35-65(4)36-51(65)77(50)58(83)40-76-61-44(2)33-46(34-48(61)60(75-76)45(3)78)47-37-69-53(70-38-47)39-71-57(82)42-92-32-30-90-28-26-68-56(81)41-91-31-29-89-27-25-67-54(79)24-22-49(64(87)88)72-55(80)19-17-15-13-11-9-7-5-6-8-10-12-14-16-18-20-59(84)85/h21,23,33-34,37-38,49-51H,5-20,22,24-32,35-36,39-42H2,1-4H3,(H,67,79)(H,68,81)(H,71,82)(H,72,80)(H,84,85)(H,87,88)(H,73,74,86)/t49-,50-,51+,65-/m0/s1. The molecule has 4 aromatic rings. The molecular formula is C65H92BrN11O15. The number of unbranched alkanes of at least 4 members (excludes halogenated alkanes) is 13. The van der Waals surface area contributed by atoms with Gasteiger partial charge in [-0.2, -0.15) is 5.10 Å². The van der Waals surface area contributed by atoms with E-state index in [0.29, 0.717) is 45.6 Å². The Morgan fingerprint density at radius 2 is 1.23 bits per heavy atom. The van der Waals surface area contributed by atoms with Gasteiger partial charge in [-0.1, -0.05) is 90.0 Å². The van der Waals surface area contributed by atoms with Crippen molar-refractivity contribution in [1.29, 1.82) is 0 Å². The Hall–Kier alpha value is -7.33. The topological polar surface area (TPSA) is 351 Å². The molecule has 504 valence electrons. The molecule has 0 radical (unpaired) electrons. The number of ketones is 1.